The van der Waals surface area contributed by atoms with Crippen LogP contribution in [0.15, 0.2) is 97.3 Å². The summed E-state index contributed by atoms with van der Waals surface area (Å²) < 4.78 is 2.33. The van der Waals surface area contributed by atoms with Gasteiger partial charge in [0, 0.05) is 28.9 Å². The van der Waals surface area contributed by atoms with E-state index in [0.29, 0.717) is 0 Å². The van der Waals surface area contributed by atoms with Crippen molar-refractivity contribution in [3.63, 3.8) is 0 Å². The maximum absolute atomic E-state index is 4.09. The van der Waals surface area contributed by atoms with E-state index in [-0.39, 0.29) is 0 Å². The van der Waals surface area contributed by atoms with Gasteiger partial charge in [0.15, 0.2) is 0 Å². The van der Waals surface area contributed by atoms with Crippen LogP contribution in [0.2, 0.25) is 0 Å². The average Bonchev–Trinajstić information content (AvgIpc) is 3.03. The molecule has 0 amide bonds. The number of rotatable bonds is 2. The summed E-state index contributed by atoms with van der Waals surface area (Å²) in [6.07, 6.45) is 3.66. The highest BCUT2D eigenvalue weighted by Gasteiger charge is 2.11. The summed E-state index contributed by atoms with van der Waals surface area (Å²) in [5.74, 6) is 0. The molecule has 0 bridgehead atoms. The third-order valence-corrected chi connectivity index (χ3v) is 4.72. The van der Waals surface area contributed by atoms with Crippen LogP contribution in [-0.4, -0.2) is 9.55 Å². The molecule has 0 fully saturated rings. The molecule has 0 aliphatic carbocycles. The zero-order chi connectivity index (χ0) is 16.6. The molecule has 5 rings (SSSR count). The quantitative estimate of drug-likeness (QED) is 0.399. The van der Waals surface area contributed by atoms with Crippen LogP contribution >= 0.6 is 0 Å². The lowest BCUT2D eigenvalue weighted by Crippen LogP contribution is -1.93. The summed E-state index contributed by atoms with van der Waals surface area (Å²) in [5, 5.41) is 2.58. The Kier molecular flexibility index (Phi) is 3.14. The molecular weight excluding hydrogens is 304 g/mol. The highest BCUT2D eigenvalue weighted by Crippen LogP contribution is 2.32. The zero-order valence-corrected chi connectivity index (χ0v) is 13.6. The fourth-order valence-electron chi connectivity index (χ4n) is 3.55. The molecule has 2 nitrogen and oxygen atoms in total. The SMILES string of the molecule is c1ccc2c(c1)c1ccccc1n2-c1ccc(-c2ccncc2)cc1. The van der Waals surface area contributed by atoms with Crippen molar-refractivity contribution in [1.29, 1.82) is 0 Å². The molecule has 0 radical (unpaired) electrons. The van der Waals surface area contributed by atoms with Crippen LogP contribution in [0.5, 0.6) is 0 Å². The molecule has 25 heavy (non-hydrogen) atoms. The lowest BCUT2D eigenvalue weighted by atomic mass is 10.1. The van der Waals surface area contributed by atoms with Gasteiger partial charge in [-0.05, 0) is 47.5 Å². The van der Waals surface area contributed by atoms with Crippen molar-refractivity contribution in [3.05, 3.63) is 97.3 Å². The summed E-state index contributed by atoms with van der Waals surface area (Å²) in [6.45, 7) is 0. The Balaban J connectivity index is 1.73. The topological polar surface area (TPSA) is 17.8 Å². The first-order chi connectivity index (χ1) is 12.4. The standard InChI is InChI=1S/C23H16N2/c1-3-7-22-20(5-1)21-6-2-4-8-23(21)25(22)19-11-9-17(10-12-19)18-13-15-24-16-14-18/h1-16H. The summed E-state index contributed by atoms with van der Waals surface area (Å²) >= 11 is 0. The van der Waals surface area contributed by atoms with Gasteiger partial charge in [0.25, 0.3) is 0 Å². The first-order valence-corrected chi connectivity index (χ1v) is 8.41. The smallest absolute Gasteiger partial charge is 0.0541 e. The molecule has 2 heterocycles. The molecule has 0 saturated heterocycles. The number of fused-ring (bicyclic) bond motifs is 3. The van der Waals surface area contributed by atoms with Gasteiger partial charge >= 0.3 is 0 Å². The maximum atomic E-state index is 4.09. The Hall–Kier alpha value is -3.39. The number of hydrogen-bond acceptors (Lipinski definition) is 1. The fourth-order valence-corrected chi connectivity index (χ4v) is 3.55. The third-order valence-electron chi connectivity index (χ3n) is 4.72. The molecular formula is C23H16N2. The predicted octanol–water partition coefficient (Wildman–Crippen LogP) is 5.85. The fraction of sp³-hybridized carbons (Fsp3) is 0. The number of pyridine rings is 1. The molecule has 118 valence electrons. The van der Waals surface area contributed by atoms with Gasteiger partial charge in [-0.25, -0.2) is 0 Å². The van der Waals surface area contributed by atoms with E-state index in [1.807, 2.05) is 24.5 Å². The Labute approximate surface area is 146 Å². The number of hydrogen-bond donors (Lipinski definition) is 0. The minimum absolute atomic E-state index is 1.18. The lowest BCUT2D eigenvalue weighted by molar-refractivity contribution is 1.18. The van der Waals surface area contributed by atoms with Gasteiger partial charge in [-0.2, -0.15) is 0 Å². The van der Waals surface area contributed by atoms with Crippen molar-refractivity contribution >= 4 is 21.8 Å². The van der Waals surface area contributed by atoms with E-state index in [1.165, 1.54) is 38.6 Å². The van der Waals surface area contributed by atoms with Crippen molar-refractivity contribution in [2.45, 2.75) is 0 Å². The Bertz CT molecular complexity index is 1120. The van der Waals surface area contributed by atoms with Crippen LogP contribution < -0.4 is 0 Å². The molecule has 0 saturated carbocycles. The molecule has 0 spiro atoms. The van der Waals surface area contributed by atoms with E-state index >= 15 is 0 Å². The van der Waals surface area contributed by atoms with E-state index in [2.05, 4.69) is 82.3 Å². The molecule has 2 aromatic heterocycles. The van der Waals surface area contributed by atoms with Crippen molar-refractivity contribution in [2.75, 3.05) is 0 Å². The molecule has 3 aromatic carbocycles. The number of aromatic nitrogens is 2. The van der Waals surface area contributed by atoms with Gasteiger partial charge in [0.1, 0.15) is 0 Å². The van der Waals surface area contributed by atoms with Crippen LogP contribution in [0.4, 0.5) is 0 Å². The second-order valence-electron chi connectivity index (χ2n) is 6.15. The van der Waals surface area contributed by atoms with E-state index in [0.717, 1.165) is 0 Å². The van der Waals surface area contributed by atoms with E-state index in [4.69, 9.17) is 0 Å². The Morgan fingerprint density at radius 2 is 1.04 bits per heavy atom. The number of nitrogens with zero attached hydrogens (tertiary/aromatic N) is 2. The van der Waals surface area contributed by atoms with Gasteiger partial charge in [-0.15, -0.1) is 0 Å². The van der Waals surface area contributed by atoms with Crippen LogP contribution in [-0.2, 0) is 0 Å². The molecule has 2 heteroatoms. The average molecular weight is 320 g/mol. The zero-order valence-electron chi connectivity index (χ0n) is 13.6. The van der Waals surface area contributed by atoms with Crippen molar-refractivity contribution < 1.29 is 0 Å². The monoisotopic (exact) mass is 320 g/mol. The lowest BCUT2D eigenvalue weighted by Gasteiger charge is -2.09. The van der Waals surface area contributed by atoms with E-state index in [9.17, 15) is 0 Å². The molecule has 0 aliphatic heterocycles. The van der Waals surface area contributed by atoms with Crippen LogP contribution in [0.25, 0.3) is 38.6 Å². The number of benzene rings is 3. The second kappa shape index (κ2) is 5.60. The van der Waals surface area contributed by atoms with E-state index < -0.39 is 0 Å². The van der Waals surface area contributed by atoms with Crippen LogP contribution in [0, 0.1) is 0 Å². The Morgan fingerprint density at radius 3 is 1.64 bits per heavy atom. The van der Waals surface area contributed by atoms with Crippen LogP contribution in [0.1, 0.15) is 0 Å². The summed E-state index contributed by atoms with van der Waals surface area (Å²) in [6, 6.07) is 30.0. The largest absolute Gasteiger partial charge is 0.309 e. The van der Waals surface area contributed by atoms with Gasteiger partial charge < -0.3 is 4.57 Å². The van der Waals surface area contributed by atoms with Crippen molar-refractivity contribution in [3.8, 4) is 16.8 Å². The first kappa shape index (κ1) is 14.0. The van der Waals surface area contributed by atoms with Gasteiger partial charge in [0.2, 0.25) is 0 Å². The highest BCUT2D eigenvalue weighted by atomic mass is 15.0. The molecule has 5 aromatic rings. The van der Waals surface area contributed by atoms with Crippen LogP contribution in [0.3, 0.4) is 0 Å². The first-order valence-electron chi connectivity index (χ1n) is 8.41. The normalized spacial score (nSPS) is 11.2. The van der Waals surface area contributed by atoms with Gasteiger partial charge in [0.05, 0.1) is 11.0 Å². The summed E-state index contributed by atoms with van der Waals surface area (Å²) in [7, 11) is 0. The van der Waals surface area contributed by atoms with Crippen molar-refractivity contribution in [2.24, 2.45) is 0 Å². The third kappa shape index (κ3) is 2.23. The molecule has 0 aliphatic rings. The minimum Gasteiger partial charge on any atom is -0.309 e. The van der Waals surface area contributed by atoms with Gasteiger partial charge in [-0.1, -0.05) is 48.5 Å². The summed E-state index contributed by atoms with van der Waals surface area (Å²) in [5.41, 5.74) is 6.03. The second-order valence-corrected chi connectivity index (χ2v) is 6.15. The van der Waals surface area contributed by atoms with Crippen molar-refractivity contribution in [1.82, 2.24) is 9.55 Å². The molecule has 0 unspecified atom stereocenters. The Morgan fingerprint density at radius 1 is 0.520 bits per heavy atom. The summed E-state index contributed by atoms with van der Waals surface area (Å²) in [4.78, 5) is 4.09. The minimum atomic E-state index is 1.18. The molecule has 0 N–H and O–H groups in total. The van der Waals surface area contributed by atoms with Gasteiger partial charge in [-0.3, -0.25) is 4.98 Å². The van der Waals surface area contributed by atoms with E-state index in [1.54, 1.807) is 0 Å². The highest BCUT2D eigenvalue weighted by molar-refractivity contribution is 6.09. The maximum Gasteiger partial charge on any atom is 0.0541 e. The predicted molar refractivity (Wildman–Crippen MR) is 104 cm³/mol. The number of para-hydroxylation sites is 2. The molecule has 0 atom stereocenters.